The summed E-state index contributed by atoms with van der Waals surface area (Å²) < 4.78 is 1.56. The molecule has 94 valence electrons. The van der Waals surface area contributed by atoms with Crippen molar-refractivity contribution in [3.63, 3.8) is 0 Å². The van der Waals surface area contributed by atoms with Crippen LogP contribution in [0.2, 0.25) is 0 Å². The van der Waals surface area contributed by atoms with Gasteiger partial charge in [-0.05, 0) is 12.5 Å². The Morgan fingerprint density at radius 3 is 2.88 bits per heavy atom. The van der Waals surface area contributed by atoms with Gasteiger partial charge in [-0.2, -0.15) is 5.10 Å². The quantitative estimate of drug-likeness (QED) is 0.327. The number of nitrogens with zero attached hydrogens (tertiary/aromatic N) is 4. The highest BCUT2D eigenvalue weighted by atomic mass is 16.4. The van der Waals surface area contributed by atoms with Gasteiger partial charge in [-0.3, -0.25) is 9.48 Å². The Morgan fingerprint density at radius 1 is 1.71 bits per heavy atom. The van der Waals surface area contributed by atoms with Gasteiger partial charge in [0.25, 0.3) is 5.91 Å². The van der Waals surface area contributed by atoms with E-state index in [0.29, 0.717) is 12.2 Å². The molecule has 17 heavy (non-hydrogen) atoms. The number of rotatable bonds is 5. The number of oxime groups is 1. The Morgan fingerprint density at radius 2 is 2.41 bits per heavy atom. The molecule has 7 heteroatoms. The maximum Gasteiger partial charge on any atom is 0.274 e. The molecule has 0 fully saturated rings. The van der Waals surface area contributed by atoms with Crippen molar-refractivity contribution in [3.8, 4) is 0 Å². The maximum atomic E-state index is 12.1. The summed E-state index contributed by atoms with van der Waals surface area (Å²) in [5.41, 5.74) is 5.76. The molecule has 3 N–H and O–H groups in total. The minimum Gasteiger partial charge on any atom is -0.409 e. The Kier molecular flexibility index (Phi) is 4.50. The van der Waals surface area contributed by atoms with Crippen LogP contribution in [0.25, 0.3) is 0 Å². The molecular formula is C10H17N5O2. The first-order chi connectivity index (χ1) is 8.08. The average Bonchev–Trinajstić information content (AvgIpc) is 2.74. The van der Waals surface area contributed by atoms with Crippen molar-refractivity contribution in [1.82, 2.24) is 14.7 Å². The van der Waals surface area contributed by atoms with Gasteiger partial charge in [0, 0.05) is 19.8 Å². The first-order valence-electron chi connectivity index (χ1n) is 5.33. The van der Waals surface area contributed by atoms with E-state index >= 15 is 0 Å². The molecule has 0 aliphatic rings. The number of nitrogens with two attached hydrogens (primary N) is 1. The van der Waals surface area contributed by atoms with E-state index in [1.807, 2.05) is 6.92 Å². The molecule has 1 rings (SSSR count). The van der Waals surface area contributed by atoms with E-state index in [9.17, 15) is 4.79 Å². The van der Waals surface area contributed by atoms with Crippen LogP contribution >= 0.6 is 0 Å². The van der Waals surface area contributed by atoms with Crippen molar-refractivity contribution in [2.45, 2.75) is 13.3 Å². The molecule has 1 aromatic rings. The molecule has 1 aromatic heterocycles. The first-order valence-corrected chi connectivity index (χ1v) is 5.33. The van der Waals surface area contributed by atoms with Crippen LogP contribution in [-0.2, 0) is 7.05 Å². The zero-order valence-corrected chi connectivity index (χ0v) is 10.00. The zero-order valence-electron chi connectivity index (χ0n) is 10.00. The van der Waals surface area contributed by atoms with Crippen LogP contribution in [0.3, 0.4) is 0 Å². The lowest BCUT2D eigenvalue weighted by Gasteiger charge is -2.20. The third-order valence-corrected chi connectivity index (χ3v) is 2.19. The summed E-state index contributed by atoms with van der Waals surface area (Å²) in [6.07, 6.45) is 2.48. The van der Waals surface area contributed by atoms with Gasteiger partial charge in [0.2, 0.25) is 0 Å². The molecule has 7 nitrogen and oxygen atoms in total. The molecule has 0 aliphatic heterocycles. The summed E-state index contributed by atoms with van der Waals surface area (Å²) in [5.74, 6) is -0.221. The highest BCUT2D eigenvalue weighted by Gasteiger charge is 2.18. The van der Waals surface area contributed by atoms with Gasteiger partial charge in [0.1, 0.15) is 5.69 Å². The fourth-order valence-corrected chi connectivity index (χ4v) is 1.44. The smallest absolute Gasteiger partial charge is 0.274 e. The number of carbonyl (C=O) groups excluding carboxylic acids is 1. The van der Waals surface area contributed by atoms with Gasteiger partial charge >= 0.3 is 0 Å². The molecule has 0 saturated carbocycles. The SMILES string of the molecule is CCCN(C/C(N)=N/O)C(=O)c1ccn(C)n1. The van der Waals surface area contributed by atoms with E-state index in [0.717, 1.165) is 6.42 Å². The van der Waals surface area contributed by atoms with Crippen molar-refractivity contribution in [3.05, 3.63) is 18.0 Å². The van der Waals surface area contributed by atoms with Gasteiger partial charge in [-0.1, -0.05) is 12.1 Å². The Balaban J connectivity index is 2.80. The topological polar surface area (TPSA) is 96.7 Å². The number of hydrogen-bond acceptors (Lipinski definition) is 4. The molecule has 0 aliphatic carbocycles. The number of carbonyl (C=O) groups is 1. The van der Waals surface area contributed by atoms with Crippen LogP contribution in [-0.4, -0.2) is 44.7 Å². The highest BCUT2D eigenvalue weighted by molar-refractivity contribution is 5.95. The van der Waals surface area contributed by atoms with Gasteiger partial charge in [-0.25, -0.2) is 0 Å². The number of aryl methyl sites for hydroxylation is 1. The number of aromatic nitrogens is 2. The standard InChI is InChI=1S/C10H17N5O2/c1-3-5-15(7-9(11)13-17)10(16)8-4-6-14(2)12-8/h4,6,17H,3,5,7H2,1-2H3,(H2,11,13). The molecule has 1 heterocycles. The summed E-state index contributed by atoms with van der Waals surface area (Å²) in [4.78, 5) is 13.6. The van der Waals surface area contributed by atoms with Gasteiger partial charge in [-0.15, -0.1) is 0 Å². The monoisotopic (exact) mass is 239 g/mol. The fraction of sp³-hybridized carbons (Fsp3) is 0.500. The summed E-state index contributed by atoms with van der Waals surface area (Å²) in [7, 11) is 1.74. The van der Waals surface area contributed by atoms with Crippen molar-refractivity contribution >= 4 is 11.7 Å². The van der Waals surface area contributed by atoms with E-state index in [2.05, 4.69) is 10.3 Å². The van der Waals surface area contributed by atoms with Gasteiger partial charge in [0.05, 0.1) is 6.54 Å². The zero-order chi connectivity index (χ0) is 12.8. The third kappa shape index (κ3) is 3.47. The molecule has 0 bridgehead atoms. The van der Waals surface area contributed by atoms with Crippen LogP contribution in [0.15, 0.2) is 17.4 Å². The lowest BCUT2D eigenvalue weighted by molar-refractivity contribution is 0.0771. The van der Waals surface area contributed by atoms with Gasteiger partial charge in [0.15, 0.2) is 5.84 Å². The summed E-state index contributed by atoms with van der Waals surface area (Å²) >= 11 is 0. The largest absolute Gasteiger partial charge is 0.409 e. The highest BCUT2D eigenvalue weighted by Crippen LogP contribution is 2.02. The second-order valence-corrected chi connectivity index (χ2v) is 3.69. The fourth-order valence-electron chi connectivity index (χ4n) is 1.44. The van der Waals surface area contributed by atoms with Crippen molar-refractivity contribution in [2.75, 3.05) is 13.1 Å². The Hall–Kier alpha value is -2.05. The van der Waals surface area contributed by atoms with Gasteiger partial charge < -0.3 is 15.8 Å². The van der Waals surface area contributed by atoms with Crippen molar-refractivity contribution < 1.29 is 10.0 Å². The Bertz CT molecular complexity index is 413. The Labute approximate surface area is 99.5 Å². The number of amidine groups is 1. The average molecular weight is 239 g/mol. The van der Waals surface area contributed by atoms with Crippen LogP contribution in [0, 0.1) is 0 Å². The molecular weight excluding hydrogens is 222 g/mol. The molecule has 0 radical (unpaired) electrons. The van der Waals surface area contributed by atoms with E-state index < -0.39 is 0 Å². The predicted molar refractivity (Wildman–Crippen MR) is 62.8 cm³/mol. The van der Waals surface area contributed by atoms with Crippen LogP contribution < -0.4 is 5.73 Å². The molecule has 1 amide bonds. The first kappa shape index (κ1) is 13.0. The van der Waals surface area contributed by atoms with Crippen molar-refractivity contribution in [2.24, 2.45) is 17.9 Å². The minimum atomic E-state index is -0.223. The number of amides is 1. The van der Waals surface area contributed by atoms with E-state index in [-0.39, 0.29) is 18.3 Å². The minimum absolute atomic E-state index is 0.00253. The van der Waals surface area contributed by atoms with Crippen LogP contribution in [0.1, 0.15) is 23.8 Å². The summed E-state index contributed by atoms with van der Waals surface area (Å²) in [5, 5.41) is 15.4. The van der Waals surface area contributed by atoms with E-state index in [1.54, 1.807) is 24.0 Å². The second-order valence-electron chi connectivity index (χ2n) is 3.69. The molecule has 0 atom stereocenters. The van der Waals surface area contributed by atoms with Crippen molar-refractivity contribution in [1.29, 1.82) is 0 Å². The lowest BCUT2D eigenvalue weighted by atomic mass is 10.3. The van der Waals surface area contributed by atoms with E-state index in [4.69, 9.17) is 10.9 Å². The van der Waals surface area contributed by atoms with E-state index in [1.165, 1.54) is 4.90 Å². The molecule has 0 spiro atoms. The number of hydrogen-bond donors (Lipinski definition) is 2. The lowest BCUT2D eigenvalue weighted by Crippen LogP contribution is -2.39. The van der Waals surface area contributed by atoms with Crippen LogP contribution in [0.5, 0.6) is 0 Å². The third-order valence-electron chi connectivity index (χ3n) is 2.19. The normalized spacial score (nSPS) is 11.5. The molecule has 0 aromatic carbocycles. The van der Waals surface area contributed by atoms with Crippen LogP contribution in [0.4, 0.5) is 0 Å². The summed E-state index contributed by atoms with van der Waals surface area (Å²) in [6.45, 7) is 2.58. The predicted octanol–water partition coefficient (Wildman–Crippen LogP) is 0.0187. The molecule has 0 saturated heterocycles. The second kappa shape index (κ2) is 5.88. The summed E-state index contributed by atoms with van der Waals surface area (Å²) in [6, 6.07) is 1.64. The molecule has 0 unspecified atom stereocenters. The maximum absolute atomic E-state index is 12.1.